The Morgan fingerprint density at radius 3 is 2.94 bits per heavy atom. The van der Waals surface area contributed by atoms with Gasteiger partial charge in [-0.05, 0) is 12.8 Å². The molecule has 2 unspecified atom stereocenters. The molecule has 1 fully saturated rings. The highest BCUT2D eigenvalue weighted by atomic mass is 32.2. The van der Waals surface area contributed by atoms with E-state index < -0.39 is 15.8 Å². The van der Waals surface area contributed by atoms with Crippen molar-refractivity contribution in [2.75, 3.05) is 11.5 Å². The van der Waals surface area contributed by atoms with Crippen molar-refractivity contribution in [1.82, 2.24) is 15.3 Å². The van der Waals surface area contributed by atoms with E-state index in [1.54, 1.807) is 12.4 Å². The van der Waals surface area contributed by atoms with Crippen LogP contribution < -0.4 is 5.32 Å². The van der Waals surface area contributed by atoms with E-state index in [-0.39, 0.29) is 23.5 Å². The van der Waals surface area contributed by atoms with Gasteiger partial charge in [0.25, 0.3) is 0 Å². The minimum Gasteiger partial charge on any atom is -0.347 e. The number of imidazole rings is 1. The molecule has 0 saturated carbocycles. The van der Waals surface area contributed by atoms with Crippen LogP contribution in [0.4, 0.5) is 0 Å². The Kier molecular flexibility index (Phi) is 3.70. The summed E-state index contributed by atoms with van der Waals surface area (Å²) in [5.41, 5.74) is 0. The zero-order valence-electron chi connectivity index (χ0n) is 10.2. The van der Waals surface area contributed by atoms with E-state index in [2.05, 4.69) is 15.3 Å². The number of sulfone groups is 1. The van der Waals surface area contributed by atoms with Crippen molar-refractivity contribution in [2.24, 2.45) is 5.92 Å². The lowest BCUT2D eigenvalue weighted by atomic mass is 10.1. The standard InChI is InChI=1S/C11H17N3O3S/c1-2-9(10-12-4-5-13-10)14-11(15)8-3-6-18(16,17)7-8/h4-5,8-9H,2-3,6-7H2,1H3,(H,12,13)(H,14,15). The first kappa shape index (κ1) is 13.1. The predicted molar refractivity (Wildman–Crippen MR) is 66.5 cm³/mol. The summed E-state index contributed by atoms with van der Waals surface area (Å²) in [6, 6.07) is -0.184. The monoisotopic (exact) mass is 271 g/mol. The molecule has 1 saturated heterocycles. The largest absolute Gasteiger partial charge is 0.347 e. The van der Waals surface area contributed by atoms with Gasteiger partial charge in [0.1, 0.15) is 5.82 Å². The second kappa shape index (κ2) is 5.09. The third-order valence-corrected chi connectivity index (χ3v) is 4.95. The van der Waals surface area contributed by atoms with E-state index in [1.807, 2.05) is 6.92 Å². The van der Waals surface area contributed by atoms with Crippen LogP contribution in [0.3, 0.4) is 0 Å². The molecule has 1 amide bonds. The normalized spacial score (nSPS) is 23.7. The van der Waals surface area contributed by atoms with Gasteiger partial charge in [0, 0.05) is 12.4 Å². The molecule has 2 rings (SSSR count). The smallest absolute Gasteiger partial charge is 0.224 e. The lowest BCUT2D eigenvalue weighted by molar-refractivity contribution is -0.125. The first-order valence-electron chi connectivity index (χ1n) is 6.02. The summed E-state index contributed by atoms with van der Waals surface area (Å²) >= 11 is 0. The minimum absolute atomic E-state index is 0.0343. The second-order valence-corrected chi connectivity index (χ2v) is 6.77. The van der Waals surface area contributed by atoms with Crippen LogP contribution in [-0.2, 0) is 14.6 Å². The number of carbonyl (C=O) groups excluding carboxylic acids is 1. The van der Waals surface area contributed by atoms with Gasteiger partial charge in [-0.25, -0.2) is 13.4 Å². The molecule has 0 aromatic carbocycles. The van der Waals surface area contributed by atoms with E-state index in [1.165, 1.54) is 0 Å². The Balaban J connectivity index is 1.99. The Bertz CT molecular complexity index is 510. The van der Waals surface area contributed by atoms with Crippen molar-refractivity contribution < 1.29 is 13.2 Å². The number of aromatic nitrogens is 2. The summed E-state index contributed by atoms with van der Waals surface area (Å²) in [7, 11) is -3.02. The quantitative estimate of drug-likeness (QED) is 0.829. The van der Waals surface area contributed by atoms with Crippen LogP contribution in [0.2, 0.25) is 0 Å². The zero-order valence-corrected chi connectivity index (χ0v) is 11.0. The molecule has 18 heavy (non-hydrogen) atoms. The lowest BCUT2D eigenvalue weighted by Crippen LogP contribution is -2.34. The summed E-state index contributed by atoms with van der Waals surface area (Å²) < 4.78 is 22.7. The van der Waals surface area contributed by atoms with Crippen LogP contribution >= 0.6 is 0 Å². The zero-order chi connectivity index (χ0) is 13.2. The number of aromatic amines is 1. The average molecular weight is 271 g/mol. The van der Waals surface area contributed by atoms with Crippen LogP contribution in [0, 0.1) is 5.92 Å². The molecule has 2 N–H and O–H groups in total. The van der Waals surface area contributed by atoms with E-state index in [0.717, 1.165) is 0 Å². The van der Waals surface area contributed by atoms with E-state index in [4.69, 9.17) is 0 Å². The molecule has 1 aliphatic rings. The van der Waals surface area contributed by atoms with Crippen LogP contribution in [0.25, 0.3) is 0 Å². The van der Waals surface area contributed by atoms with Crippen molar-refractivity contribution in [3.05, 3.63) is 18.2 Å². The Morgan fingerprint density at radius 2 is 2.44 bits per heavy atom. The highest BCUT2D eigenvalue weighted by Crippen LogP contribution is 2.20. The van der Waals surface area contributed by atoms with Crippen molar-refractivity contribution in [3.63, 3.8) is 0 Å². The maximum absolute atomic E-state index is 12.0. The fourth-order valence-electron chi connectivity index (χ4n) is 2.12. The molecule has 6 nitrogen and oxygen atoms in total. The maximum Gasteiger partial charge on any atom is 0.224 e. The molecule has 2 atom stereocenters. The van der Waals surface area contributed by atoms with Crippen LogP contribution in [0.15, 0.2) is 12.4 Å². The topological polar surface area (TPSA) is 91.9 Å². The van der Waals surface area contributed by atoms with Crippen molar-refractivity contribution >= 4 is 15.7 Å². The molecule has 1 aliphatic heterocycles. The Hall–Kier alpha value is -1.37. The maximum atomic E-state index is 12.0. The molecule has 0 bridgehead atoms. The number of amides is 1. The molecule has 1 aromatic rings. The summed E-state index contributed by atoms with van der Waals surface area (Å²) in [5.74, 6) is 0.167. The van der Waals surface area contributed by atoms with Gasteiger partial charge in [0.15, 0.2) is 9.84 Å². The SMILES string of the molecule is CCC(NC(=O)C1CCS(=O)(=O)C1)c1ncc[nH]1. The van der Waals surface area contributed by atoms with Gasteiger partial charge in [-0.15, -0.1) is 0 Å². The molecular formula is C11H17N3O3S. The minimum atomic E-state index is -3.02. The summed E-state index contributed by atoms with van der Waals surface area (Å²) in [6.07, 6.45) is 4.45. The molecule has 0 aliphatic carbocycles. The predicted octanol–water partition coefficient (Wildman–Crippen LogP) is 0.412. The number of nitrogens with zero attached hydrogens (tertiary/aromatic N) is 1. The number of hydrogen-bond donors (Lipinski definition) is 2. The lowest BCUT2D eigenvalue weighted by Gasteiger charge is -2.17. The van der Waals surface area contributed by atoms with Crippen molar-refractivity contribution in [3.8, 4) is 0 Å². The Morgan fingerprint density at radius 1 is 1.67 bits per heavy atom. The molecule has 0 radical (unpaired) electrons. The summed E-state index contributed by atoms with van der Waals surface area (Å²) in [5, 5.41) is 2.85. The molecule has 100 valence electrons. The third-order valence-electron chi connectivity index (χ3n) is 3.18. The summed E-state index contributed by atoms with van der Waals surface area (Å²) in [4.78, 5) is 19.0. The van der Waals surface area contributed by atoms with Gasteiger partial charge in [0.2, 0.25) is 5.91 Å². The number of nitrogens with one attached hydrogen (secondary N) is 2. The van der Waals surface area contributed by atoms with Gasteiger partial charge in [-0.1, -0.05) is 6.92 Å². The van der Waals surface area contributed by atoms with Crippen LogP contribution in [0.5, 0.6) is 0 Å². The number of hydrogen-bond acceptors (Lipinski definition) is 4. The molecular weight excluding hydrogens is 254 g/mol. The number of H-pyrrole nitrogens is 1. The Labute approximate surface area is 106 Å². The number of rotatable bonds is 4. The van der Waals surface area contributed by atoms with Crippen molar-refractivity contribution in [1.29, 1.82) is 0 Å². The molecule has 7 heteroatoms. The molecule has 0 spiro atoms. The summed E-state index contributed by atoms with van der Waals surface area (Å²) in [6.45, 7) is 1.94. The van der Waals surface area contributed by atoms with Gasteiger partial charge >= 0.3 is 0 Å². The van der Waals surface area contributed by atoms with Gasteiger partial charge in [0.05, 0.1) is 23.5 Å². The third kappa shape index (κ3) is 2.90. The molecule has 1 aromatic heterocycles. The van der Waals surface area contributed by atoms with Crippen LogP contribution in [-0.4, -0.2) is 35.8 Å². The van der Waals surface area contributed by atoms with E-state index in [0.29, 0.717) is 18.7 Å². The van der Waals surface area contributed by atoms with E-state index >= 15 is 0 Å². The fourth-order valence-corrected chi connectivity index (χ4v) is 3.86. The van der Waals surface area contributed by atoms with Gasteiger partial charge < -0.3 is 10.3 Å². The first-order chi connectivity index (χ1) is 8.52. The highest BCUT2D eigenvalue weighted by molar-refractivity contribution is 7.91. The van der Waals surface area contributed by atoms with Gasteiger partial charge in [-0.2, -0.15) is 0 Å². The first-order valence-corrected chi connectivity index (χ1v) is 7.84. The van der Waals surface area contributed by atoms with Gasteiger partial charge in [-0.3, -0.25) is 4.79 Å². The number of carbonyl (C=O) groups is 1. The fraction of sp³-hybridized carbons (Fsp3) is 0.636. The second-order valence-electron chi connectivity index (χ2n) is 4.54. The van der Waals surface area contributed by atoms with E-state index in [9.17, 15) is 13.2 Å². The molecule has 2 heterocycles. The highest BCUT2D eigenvalue weighted by Gasteiger charge is 2.33. The van der Waals surface area contributed by atoms with Crippen LogP contribution in [0.1, 0.15) is 31.6 Å². The average Bonchev–Trinajstić information content (AvgIpc) is 2.94. The van der Waals surface area contributed by atoms with Crippen molar-refractivity contribution in [2.45, 2.75) is 25.8 Å².